The third kappa shape index (κ3) is 2.90. The van der Waals surface area contributed by atoms with Crippen molar-refractivity contribution < 1.29 is 4.79 Å². The van der Waals surface area contributed by atoms with Gasteiger partial charge in [-0.05, 0) is 37.8 Å². The molecule has 1 N–H and O–H groups in total. The van der Waals surface area contributed by atoms with Crippen LogP contribution in [0.4, 0.5) is 16.3 Å². The topological polar surface area (TPSA) is 50.2 Å². The second-order valence-electron chi connectivity index (χ2n) is 5.03. The van der Waals surface area contributed by atoms with E-state index in [4.69, 9.17) is 0 Å². The average molecular weight is 302 g/mol. The van der Waals surface area contributed by atoms with Gasteiger partial charge in [-0.1, -0.05) is 6.07 Å². The van der Waals surface area contributed by atoms with Crippen LogP contribution in [-0.4, -0.2) is 28.6 Å². The van der Waals surface area contributed by atoms with Gasteiger partial charge in [-0.3, -0.25) is 4.90 Å². The lowest BCUT2D eigenvalue weighted by Gasteiger charge is -2.27. The van der Waals surface area contributed by atoms with Gasteiger partial charge < -0.3 is 5.32 Å². The van der Waals surface area contributed by atoms with Crippen LogP contribution in [0.1, 0.15) is 12.1 Å². The van der Waals surface area contributed by atoms with Crippen molar-refractivity contribution in [3.05, 3.63) is 36.0 Å². The van der Waals surface area contributed by atoms with E-state index in [1.165, 1.54) is 0 Å². The number of rotatable bonds is 2. The van der Waals surface area contributed by atoms with Crippen LogP contribution >= 0.6 is 11.8 Å². The Morgan fingerprint density at radius 2 is 2.19 bits per heavy atom. The zero-order chi connectivity index (χ0) is 14.8. The first-order chi connectivity index (χ1) is 10.2. The van der Waals surface area contributed by atoms with Crippen LogP contribution in [0, 0.1) is 6.92 Å². The van der Waals surface area contributed by atoms with E-state index >= 15 is 0 Å². The number of carbonyl (C=O) groups is 1. The third-order valence-corrected chi connectivity index (χ3v) is 4.20. The molecule has 1 aliphatic rings. The molecule has 0 saturated heterocycles. The summed E-state index contributed by atoms with van der Waals surface area (Å²) in [7, 11) is 0. The van der Waals surface area contributed by atoms with Gasteiger partial charge in [0, 0.05) is 29.7 Å². The summed E-state index contributed by atoms with van der Waals surface area (Å²) >= 11 is 1.66. The van der Waals surface area contributed by atoms with Crippen molar-refractivity contribution in [3.8, 4) is 0 Å². The Labute approximate surface area is 128 Å². The zero-order valence-corrected chi connectivity index (χ0v) is 13.0. The molecule has 5 nitrogen and oxygen atoms in total. The summed E-state index contributed by atoms with van der Waals surface area (Å²) in [5.74, 6) is 0.872. The highest BCUT2D eigenvalue weighted by molar-refractivity contribution is 7.98. The van der Waals surface area contributed by atoms with Crippen molar-refractivity contribution in [2.24, 2.45) is 0 Å². The number of hydrogen-bond donors (Lipinski definition) is 1. The minimum absolute atomic E-state index is 0.103. The van der Waals surface area contributed by atoms with E-state index in [0.29, 0.717) is 0 Å². The van der Waals surface area contributed by atoms with Crippen LogP contribution in [-0.2, 0) is 6.54 Å². The predicted octanol–water partition coefficient (Wildman–Crippen LogP) is 3.36. The minimum atomic E-state index is -0.103. The van der Waals surface area contributed by atoms with Crippen LogP contribution in [0.3, 0.4) is 0 Å². The smallest absolute Gasteiger partial charge is 0.307 e. The van der Waals surface area contributed by atoms with Gasteiger partial charge in [-0.25, -0.2) is 9.48 Å². The fourth-order valence-corrected chi connectivity index (χ4v) is 2.96. The maximum absolute atomic E-state index is 12.5. The summed E-state index contributed by atoms with van der Waals surface area (Å²) in [5.41, 5.74) is 1.76. The van der Waals surface area contributed by atoms with Crippen molar-refractivity contribution in [1.82, 2.24) is 9.78 Å². The molecule has 0 atom stereocenters. The third-order valence-electron chi connectivity index (χ3n) is 3.48. The highest BCUT2D eigenvalue weighted by atomic mass is 32.2. The number of nitrogens with one attached hydrogen (secondary N) is 1. The fourth-order valence-electron chi connectivity index (χ4n) is 2.50. The van der Waals surface area contributed by atoms with Gasteiger partial charge >= 0.3 is 6.03 Å². The van der Waals surface area contributed by atoms with Crippen molar-refractivity contribution in [2.75, 3.05) is 23.0 Å². The first-order valence-electron chi connectivity index (χ1n) is 6.94. The maximum atomic E-state index is 12.5. The van der Waals surface area contributed by atoms with Gasteiger partial charge in [0.05, 0.1) is 5.69 Å². The lowest BCUT2D eigenvalue weighted by atomic mass is 10.3. The average Bonchev–Trinajstić information content (AvgIpc) is 2.87. The number of aromatic nitrogens is 2. The van der Waals surface area contributed by atoms with E-state index in [0.717, 1.165) is 41.6 Å². The Morgan fingerprint density at radius 3 is 3.00 bits per heavy atom. The predicted molar refractivity (Wildman–Crippen MR) is 86.2 cm³/mol. The highest BCUT2D eigenvalue weighted by Gasteiger charge is 2.24. The van der Waals surface area contributed by atoms with Crippen LogP contribution in [0.2, 0.25) is 0 Å². The van der Waals surface area contributed by atoms with E-state index in [2.05, 4.69) is 10.4 Å². The number of benzene rings is 1. The van der Waals surface area contributed by atoms with Crippen LogP contribution < -0.4 is 10.2 Å². The van der Waals surface area contributed by atoms with Crippen molar-refractivity contribution in [1.29, 1.82) is 0 Å². The number of amides is 2. The Bertz CT molecular complexity index is 667. The summed E-state index contributed by atoms with van der Waals surface area (Å²) in [5, 5.41) is 7.38. The number of anilines is 2. The second kappa shape index (κ2) is 5.81. The molecule has 0 fully saturated rings. The van der Waals surface area contributed by atoms with Gasteiger partial charge in [0.1, 0.15) is 5.82 Å². The first-order valence-corrected chi connectivity index (χ1v) is 8.17. The molecule has 2 aromatic rings. The van der Waals surface area contributed by atoms with E-state index in [-0.39, 0.29) is 6.03 Å². The molecule has 0 saturated carbocycles. The number of aryl methyl sites for hydroxylation is 2. The molecule has 0 aliphatic carbocycles. The molecule has 2 heterocycles. The molecule has 6 heteroatoms. The molecule has 21 heavy (non-hydrogen) atoms. The Balaban J connectivity index is 1.79. The molecule has 0 radical (unpaired) electrons. The summed E-state index contributed by atoms with van der Waals surface area (Å²) in [6.45, 7) is 3.54. The summed E-state index contributed by atoms with van der Waals surface area (Å²) in [6, 6.07) is 9.72. The number of nitrogens with zero attached hydrogens (tertiary/aromatic N) is 3. The Morgan fingerprint density at radius 1 is 1.33 bits per heavy atom. The quantitative estimate of drug-likeness (QED) is 0.865. The molecule has 1 aromatic heterocycles. The minimum Gasteiger partial charge on any atom is -0.307 e. The molecule has 0 spiro atoms. The Kier molecular flexibility index (Phi) is 3.88. The summed E-state index contributed by atoms with van der Waals surface area (Å²) < 4.78 is 1.90. The number of carbonyl (C=O) groups excluding carboxylic acids is 1. The molecule has 0 unspecified atom stereocenters. The first kappa shape index (κ1) is 14.0. The summed E-state index contributed by atoms with van der Waals surface area (Å²) in [6.07, 6.45) is 2.94. The zero-order valence-electron chi connectivity index (χ0n) is 12.2. The number of thioether (sulfide) groups is 1. The standard InChI is InChI=1S/C15H18N4OS/c1-11-9-14-18(7-4-8-19(14)17-11)15(20)16-12-5-3-6-13(10-12)21-2/h3,5-6,9-10H,4,7-8H2,1-2H3,(H,16,20). The molecule has 0 bridgehead atoms. The van der Waals surface area contributed by atoms with E-state index in [1.54, 1.807) is 16.7 Å². The van der Waals surface area contributed by atoms with Gasteiger partial charge in [0.15, 0.2) is 0 Å². The molecular weight excluding hydrogens is 284 g/mol. The van der Waals surface area contributed by atoms with E-state index < -0.39 is 0 Å². The van der Waals surface area contributed by atoms with Crippen LogP contribution in [0.15, 0.2) is 35.2 Å². The van der Waals surface area contributed by atoms with Gasteiger partial charge in [-0.2, -0.15) is 5.10 Å². The fraction of sp³-hybridized carbons (Fsp3) is 0.333. The van der Waals surface area contributed by atoms with Gasteiger partial charge in [0.25, 0.3) is 0 Å². The van der Waals surface area contributed by atoms with Crippen LogP contribution in [0.5, 0.6) is 0 Å². The van der Waals surface area contributed by atoms with Crippen molar-refractivity contribution in [3.63, 3.8) is 0 Å². The number of urea groups is 1. The SMILES string of the molecule is CSc1cccc(NC(=O)N2CCCn3nc(C)cc32)c1. The van der Waals surface area contributed by atoms with Crippen molar-refractivity contribution in [2.45, 2.75) is 24.8 Å². The largest absolute Gasteiger partial charge is 0.327 e. The molecular formula is C15H18N4OS. The van der Waals surface area contributed by atoms with Crippen molar-refractivity contribution >= 4 is 29.3 Å². The van der Waals surface area contributed by atoms with Gasteiger partial charge in [-0.15, -0.1) is 11.8 Å². The van der Waals surface area contributed by atoms with Crippen LogP contribution in [0.25, 0.3) is 0 Å². The molecule has 1 aliphatic heterocycles. The maximum Gasteiger partial charge on any atom is 0.327 e. The van der Waals surface area contributed by atoms with Gasteiger partial charge in [0.2, 0.25) is 0 Å². The molecule has 110 valence electrons. The second-order valence-corrected chi connectivity index (χ2v) is 5.91. The lowest BCUT2D eigenvalue weighted by molar-refractivity contribution is 0.255. The highest BCUT2D eigenvalue weighted by Crippen LogP contribution is 2.24. The Hall–Kier alpha value is -1.95. The lowest BCUT2D eigenvalue weighted by Crippen LogP contribution is -2.40. The summed E-state index contributed by atoms with van der Waals surface area (Å²) in [4.78, 5) is 15.4. The van der Waals surface area contributed by atoms with E-state index in [9.17, 15) is 4.79 Å². The molecule has 3 rings (SSSR count). The monoisotopic (exact) mass is 302 g/mol. The molecule has 2 amide bonds. The number of fused-ring (bicyclic) bond motifs is 1. The normalized spacial score (nSPS) is 13.9. The molecule has 1 aromatic carbocycles. The van der Waals surface area contributed by atoms with E-state index in [1.807, 2.05) is 48.2 Å². The number of hydrogen-bond acceptors (Lipinski definition) is 3.